The number of aromatic amines is 1. The molecule has 1 atom stereocenters. The topological polar surface area (TPSA) is 93.3 Å². The number of anilines is 1. The van der Waals surface area contributed by atoms with Crippen molar-refractivity contribution in [2.24, 2.45) is 5.92 Å². The first kappa shape index (κ1) is 23.4. The second kappa shape index (κ2) is 10.0. The van der Waals surface area contributed by atoms with Crippen molar-refractivity contribution >= 4 is 23.4 Å². The Balaban J connectivity index is 1.81. The molecular formula is C25H31N3O4S. The van der Waals surface area contributed by atoms with Crippen LogP contribution in [0.1, 0.15) is 63.5 Å². The molecule has 0 bridgehead atoms. The molecule has 176 valence electrons. The zero-order valence-electron chi connectivity index (χ0n) is 19.6. The van der Waals surface area contributed by atoms with E-state index in [1.807, 2.05) is 25.1 Å². The van der Waals surface area contributed by atoms with Crippen molar-refractivity contribution in [1.82, 2.24) is 9.97 Å². The van der Waals surface area contributed by atoms with Crippen LogP contribution < -0.4 is 20.3 Å². The Morgan fingerprint density at radius 1 is 1.21 bits per heavy atom. The highest BCUT2D eigenvalue weighted by Crippen LogP contribution is 2.45. The van der Waals surface area contributed by atoms with Crippen LogP contribution in [-0.2, 0) is 4.79 Å². The van der Waals surface area contributed by atoms with Crippen molar-refractivity contribution in [3.8, 4) is 11.5 Å². The van der Waals surface area contributed by atoms with Gasteiger partial charge < -0.3 is 19.8 Å². The van der Waals surface area contributed by atoms with Crippen LogP contribution in [0.15, 0.2) is 39.4 Å². The van der Waals surface area contributed by atoms with Crippen LogP contribution in [0.25, 0.3) is 0 Å². The van der Waals surface area contributed by atoms with Gasteiger partial charge in [0, 0.05) is 29.4 Å². The number of hydrogen-bond acceptors (Lipinski definition) is 7. The number of Topliss-reactive ketones (excluding diaryl/α,β-unsaturated/α-hetero) is 1. The molecule has 0 spiro atoms. The fraction of sp³-hybridized carbons (Fsp3) is 0.480. The molecule has 0 fully saturated rings. The number of benzene rings is 1. The molecule has 0 amide bonds. The molecule has 1 aromatic carbocycles. The van der Waals surface area contributed by atoms with Crippen LogP contribution >= 0.6 is 11.8 Å². The first-order valence-corrected chi connectivity index (χ1v) is 12.5. The summed E-state index contributed by atoms with van der Waals surface area (Å²) < 4.78 is 11.2. The number of thioether (sulfide) groups is 1. The largest absolute Gasteiger partial charge is 0.493 e. The molecule has 1 aliphatic carbocycles. The Bertz CT molecular complexity index is 1140. The van der Waals surface area contributed by atoms with Gasteiger partial charge in [-0.1, -0.05) is 31.7 Å². The fourth-order valence-corrected chi connectivity index (χ4v) is 5.48. The highest BCUT2D eigenvalue weighted by molar-refractivity contribution is 7.99. The van der Waals surface area contributed by atoms with Gasteiger partial charge in [-0.05, 0) is 49.8 Å². The van der Waals surface area contributed by atoms with Gasteiger partial charge in [0.15, 0.2) is 22.4 Å². The molecular weight excluding hydrogens is 438 g/mol. The number of H-pyrrole nitrogens is 1. The standard InChI is InChI=1S/C25H31N3O4S/c1-5-32-18-10-9-15(13-19(18)31-4)20-21-16(7-6-8-17(21)29)26-23-22(20)24(30)28-25(27-23)33-12-11-14(2)3/h9-10,13-14,20H,5-8,11-12H2,1-4H3,(H2,26,27,28,30). The molecule has 1 aromatic heterocycles. The lowest BCUT2D eigenvalue weighted by Crippen LogP contribution is -2.32. The first-order valence-electron chi connectivity index (χ1n) is 11.5. The highest BCUT2D eigenvalue weighted by atomic mass is 32.2. The zero-order chi connectivity index (χ0) is 23.5. The summed E-state index contributed by atoms with van der Waals surface area (Å²) in [4.78, 5) is 34.1. The minimum atomic E-state index is -0.500. The van der Waals surface area contributed by atoms with Crippen molar-refractivity contribution < 1.29 is 14.3 Å². The quantitative estimate of drug-likeness (QED) is 0.420. The molecule has 33 heavy (non-hydrogen) atoms. The lowest BCUT2D eigenvalue weighted by Gasteiger charge is -2.33. The van der Waals surface area contributed by atoms with E-state index in [2.05, 4.69) is 24.1 Å². The Labute approximate surface area is 198 Å². The smallest absolute Gasteiger partial charge is 0.257 e. The second-order valence-corrected chi connectivity index (χ2v) is 9.82. The highest BCUT2D eigenvalue weighted by Gasteiger charge is 2.38. The summed E-state index contributed by atoms with van der Waals surface area (Å²) in [7, 11) is 1.59. The van der Waals surface area contributed by atoms with Crippen LogP contribution in [0.3, 0.4) is 0 Å². The minimum Gasteiger partial charge on any atom is -0.493 e. The number of aromatic nitrogens is 2. The normalized spacial score (nSPS) is 17.5. The lowest BCUT2D eigenvalue weighted by molar-refractivity contribution is -0.116. The number of rotatable bonds is 8. The van der Waals surface area contributed by atoms with E-state index in [1.165, 1.54) is 0 Å². The maximum absolute atomic E-state index is 13.3. The predicted molar refractivity (Wildman–Crippen MR) is 131 cm³/mol. The van der Waals surface area contributed by atoms with Gasteiger partial charge in [0.05, 0.1) is 19.3 Å². The van der Waals surface area contributed by atoms with Gasteiger partial charge in [0.1, 0.15) is 5.82 Å². The molecule has 1 aliphatic heterocycles. The van der Waals surface area contributed by atoms with E-state index in [0.717, 1.165) is 36.3 Å². The molecule has 2 heterocycles. The molecule has 1 unspecified atom stereocenters. The van der Waals surface area contributed by atoms with Crippen LogP contribution in [0, 0.1) is 5.92 Å². The number of nitrogens with one attached hydrogen (secondary N) is 2. The van der Waals surface area contributed by atoms with E-state index in [-0.39, 0.29) is 11.3 Å². The maximum atomic E-state index is 13.3. The summed E-state index contributed by atoms with van der Waals surface area (Å²) >= 11 is 1.55. The average Bonchev–Trinajstić information content (AvgIpc) is 2.78. The third kappa shape index (κ3) is 4.81. The lowest BCUT2D eigenvalue weighted by atomic mass is 9.76. The molecule has 7 nitrogen and oxygen atoms in total. The third-order valence-corrected chi connectivity index (χ3v) is 6.90. The summed E-state index contributed by atoms with van der Waals surface area (Å²) in [6.45, 7) is 6.78. The summed E-state index contributed by atoms with van der Waals surface area (Å²) in [5.74, 6) is 2.78. The zero-order valence-corrected chi connectivity index (χ0v) is 20.4. The van der Waals surface area contributed by atoms with Gasteiger partial charge in [0.2, 0.25) is 0 Å². The first-order chi connectivity index (χ1) is 15.9. The van der Waals surface area contributed by atoms with E-state index < -0.39 is 5.92 Å². The number of ketones is 1. The predicted octanol–water partition coefficient (Wildman–Crippen LogP) is 4.88. The van der Waals surface area contributed by atoms with Crippen LogP contribution in [0.2, 0.25) is 0 Å². The fourth-order valence-electron chi connectivity index (χ4n) is 4.37. The molecule has 2 aromatic rings. The van der Waals surface area contributed by atoms with Crippen molar-refractivity contribution in [2.75, 3.05) is 24.8 Å². The van der Waals surface area contributed by atoms with Gasteiger partial charge in [-0.3, -0.25) is 9.59 Å². The number of fused-ring (bicyclic) bond motifs is 1. The summed E-state index contributed by atoms with van der Waals surface area (Å²) in [5, 5.41) is 3.93. The number of carbonyl (C=O) groups excluding carboxylic acids is 1. The monoisotopic (exact) mass is 469 g/mol. The number of carbonyl (C=O) groups is 1. The molecule has 8 heteroatoms. The molecule has 0 saturated heterocycles. The minimum absolute atomic E-state index is 0.0713. The van der Waals surface area contributed by atoms with Crippen molar-refractivity contribution in [3.63, 3.8) is 0 Å². The van der Waals surface area contributed by atoms with Gasteiger partial charge in [-0.2, -0.15) is 0 Å². The van der Waals surface area contributed by atoms with Crippen molar-refractivity contribution in [3.05, 3.63) is 50.9 Å². The average molecular weight is 470 g/mol. The van der Waals surface area contributed by atoms with E-state index in [1.54, 1.807) is 18.9 Å². The number of ether oxygens (including phenoxy) is 2. The van der Waals surface area contributed by atoms with E-state index in [0.29, 0.717) is 52.6 Å². The second-order valence-electron chi connectivity index (χ2n) is 8.73. The molecule has 0 radical (unpaired) electrons. The molecule has 2 aliphatic rings. The number of nitrogens with zero attached hydrogens (tertiary/aromatic N) is 1. The Morgan fingerprint density at radius 2 is 2.03 bits per heavy atom. The van der Waals surface area contributed by atoms with Gasteiger partial charge in [-0.15, -0.1) is 0 Å². The Hall–Kier alpha value is -2.74. The number of methoxy groups -OCH3 is 1. The van der Waals surface area contributed by atoms with Crippen LogP contribution in [0.5, 0.6) is 11.5 Å². The Kier molecular flexibility index (Phi) is 7.12. The molecule has 0 saturated carbocycles. The van der Waals surface area contributed by atoms with E-state index in [4.69, 9.17) is 14.5 Å². The summed E-state index contributed by atoms with van der Waals surface area (Å²) in [6, 6.07) is 5.61. The van der Waals surface area contributed by atoms with E-state index in [9.17, 15) is 9.59 Å². The van der Waals surface area contributed by atoms with Crippen molar-refractivity contribution in [2.45, 2.75) is 57.5 Å². The van der Waals surface area contributed by atoms with Gasteiger partial charge in [-0.25, -0.2) is 4.98 Å². The van der Waals surface area contributed by atoms with Crippen LogP contribution in [-0.4, -0.2) is 35.2 Å². The SMILES string of the molecule is CCOc1ccc(C2C3=C(CCCC3=O)Nc3nc(SCCC(C)C)[nH]c(=O)c32)cc1OC. The van der Waals surface area contributed by atoms with Gasteiger partial charge in [0.25, 0.3) is 5.56 Å². The third-order valence-electron chi connectivity index (χ3n) is 5.99. The van der Waals surface area contributed by atoms with E-state index >= 15 is 0 Å². The maximum Gasteiger partial charge on any atom is 0.257 e. The molecule has 4 rings (SSSR count). The summed E-state index contributed by atoms with van der Waals surface area (Å²) in [5.41, 5.74) is 2.60. The number of hydrogen-bond donors (Lipinski definition) is 2. The van der Waals surface area contributed by atoms with Crippen LogP contribution in [0.4, 0.5) is 5.82 Å². The van der Waals surface area contributed by atoms with Gasteiger partial charge >= 0.3 is 0 Å². The molecule has 2 N–H and O–H groups in total. The van der Waals surface area contributed by atoms with Crippen molar-refractivity contribution in [1.29, 1.82) is 0 Å². The number of allylic oxidation sites excluding steroid dienone is 2. The summed E-state index contributed by atoms with van der Waals surface area (Å²) in [6.07, 6.45) is 3.07. The Morgan fingerprint density at radius 3 is 2.76 bits per heavy atom.